The molecule has 0 saturated carbocycles. The van der Waals surface area contributed by atoms with E-state index in [1.54, 1.807) is 0 Å². The van der Waals surface area contributed by atoms with Crippen molar-refractivity contribution in [3.05, 3.63) is 62.8 Å². The van der Waals surface area contributed by atoms with Crippen LogP contribution in [0.2, 0.25) is 5.02 Å². The SMILES string of the molecule is COCO[C@H]1c2c(cc(F)c(Cl)c2Br)O[C@]1(CO)c1ccccc1. The number of benzene rings is 2. The van der Waals surface area contributed by atoms with Crippen LogP contribution in [-0.2, 0) is 15.1 Å². The predicted octanol–water partition coefficient (Wildman–Crippen LogP) is 4.18. The lowest BCUT2D eigenvalue weighted by Crippen LogP contribution is -2.40. The monoisotopic (exact) mass is 416 g/mol. The minimum absolute atomic E-state index is 0.0243. The zero-order valence-corrected chi connectivity index (χ0v) is 15.1. The third-order valence-corrected chi connectivity index (χ3v) is 5.41. The fraction of sp³-hybridized carbons (Fsp3) is 0.294. The Bertz CT molecular complexity index is 743. The van der Waals surface area contributed by atoms with Crippen molar-refractivity contribution in [1.82, 2.24) is 0 Å². The van der Waals surface area contributed by atoms with E-state index in [1.807, 2.05) is 30.3 Å². The highest BCUT2D eigenvalue weighted by Gasteiger charge is 2.52. The van der Waals surface area contributed by atoms with Crippen LogP contribution < -0.4 is 4.74 Å². The molecular weight excluding hydrogens is 403 g/mol. The Labute approximate surface area is 152 Å². The molecule has 0 bridgehead atoms. The average molecular weight is 418 g/mol. The van der Waals surface area contributed by atoms with Gasteiger partial charge in [-0.15, -0.1) is 0 Å². The van der Waals surface area contributed by atoms with Gasteiger partial charge in [-0.05, 0) is 15.9 Å². The molecule has 2 atom stereocenters. The molecule has 1 aliphatic rings. The maximum absolute atomic E-state index is 14.0. The van der Waals surface area contributed by atoms with Crippen LogP contribution >= 0.6 is 27.5 Å². The maximum Gasteiger partial charge on any atom is 0.187 e. The summed E-state index contributed by atoms with van der Waals surface area (Å²) in [6, 6.07) is 10.3. The lowest BCUT2D eigenvalue weighted by atomic mass is 9.87. The molecule has 3 rings (SSSR count). The van der Waals surface area contributed by atoms with Crippen molar-refractivity contribution < 1.29 is 23.7 Å². The van der Waals surface area contributed by atoms with Crippen LogP contribution in [-0.4, -0.2) is 25.6 Å². The van der Waals surface area contributed by atoms with E-state index >= 15 is 0 Å². The highest BCUT2D eigenvalue weighted by molar-refractivity contribution is 9.10. The van der Waals surface area contributed by atoms with Gasteiger partial charge in [0.2, 0.25) is 0 Å². The summed E-state index contributed by atoms with van der Waals surface area (Å²) in [6.07, 6.45) is -0.729. The minimum Gasteiger partial charge on any atom is -0.476 e. The first-order chi connectivity index (χ1) is 11.5. The first-order valence-electron chi connectivity index (χ1n) is 7.18. The van der Waals surface area contributed by atoms with Crippen molar-refractivity contribution in [2.45, 2.75) is 11.7 Å². The third kappa shape index (κ3) is 2.72. The number of hydrogen-bond acceptors (Lipinski definition) is 4. The van der Waals surface area contributed by atoms with Gasteiger partial charge >= 0.3 is 0 Å². The topological polar surface area (TPSA) is 47.9 Å². The van der Waals surface area contributed by atoms with Crippen LogP contribution in [0.15, 0.2) is 40.9 Å². The van der Waals surface area contributed by atoms with Gasteiger partial charge in [0.15, 0.2) is 5.60 Å². The number of rotatable bonds is 5. The Hall–Kier alpha value is -1.18. The fourth-order valence-electron chi connectivity index (χ4n) is 2.89. The molecule has 24 heavy (non-hydrogen) atoms. The summed E-state index contributed by atoms with van der Waals surface area (Å²) in [5.74, 6) is -0.350. The van der Waals surface area contributed by atoms with E-state index in [1.165, 1.54) is 13.2 Å². The molecule has 0 spiro atoms. The van der Waals surface area contributed by atoms with E-state index in [-0.39, 0.29) is 24.2 Å². The molecular formula is C17H15BrClFO4. The first kappa shape index (κ1) is 17.6. The molecule has 2 aromatic rings. The second-order valence-corrected chi connectivity index (χ2v) is 6.54. The van der Waals surface area contributed by atoms with Gasteiger partial charge < -0.3 is 19.3 Å². The number of aliphatic hydroxyl groups excluding tert-OH is 1. The van der Waals surface area contributed by atoms with Crippen molar-refractivity contribution >= 4 is 27.5 Å². The summed E-state index contributed by atoms with van der Waals surface area (Å²) in [6.45, 7) is -0.394. The molecule has 7 heteroatoms. The van der Waals surface area contributed by atoms with Crippen molar-refractivity contribution in [1.29, 1.82) is 0 Å². The van der Waals surface area contributed by atoms with E-state index in [4.69, 9.17) is 25.8 Å². The van der Waals surface area contributed by atoms with Gasteiger partial charge in [-0.25, -0.2) is 4.39 Å². The molecule has 0 aliphatic carbocycles. The Morgan fingerprint density at radius 1 is 1.38 bits per heavy atom. The smallest absolute Gasteiger partial charge is 0.187 e. The first-order valence-corrected chi connectivity index (χ1v) is 8.35. The minimum atomic E-state index is -1.22. The second kappa shape index (κ2) is 6.98. The van der Waals surface area contributed by atoms with Gasteiger partial charge in [0.25, 0.3) is 0 Å². The number of aliphatic hydroxyl groups is 1. The van der Waals surface area contributed by atoms with E-state index in [2.05, 4.69) is 15.9 Å². The zero-order valence-electron chi connectivity index (χ0n) is 12.8. The summed E-state index contributed by atoms with van der Waals surface area (Å²) in [4.78, 5) is 0. The van der Waals surface area contributed by atoms with Gasteiger partial charge in [0.1, 0.15) is 24.5 Å². The third-order valence-electron chi connectivity index (χ3n) is 3.99. The summed E-state index contributed by atoms with van der Waals surface area (Å²) in [7, 11) is 1.49. The van der Waals surface area contributed by atoms with E-state index < -0.39 is 17.5 Å². The van der Waals surface area contributed by atoms with Crippen LogP contribution in [0, 0.1) is 5.82 Å². The molecule has 0 radical (unpaired) electrons. The Kier molecular flexibility index (Phi) is 5.13. The Morgan fingerprint density at radius 3 is 2.71 bits per heavy atom. The van der Waals surface area contributed by atoms with Gasteiger partial charge in [-0.2, -0.15) is 0 Å². The number of ether oxygens (including phenoxy) is 3. The number of fused-ring (bicyclic) bond motifs is 1. The lowest BCUT2D eigenvalue weighted by Gasteiger charge is -2.33. The molecule has 0 aromatic heterocycles. The van der Waals surface area contributed by atoms with Crippen LogP contribution in [0.3, 0.4) is 0 Å². The highest BCUT2D eigenvalue weighted by atomic mass is 79.9. The van der Waals surface area contributed by atoms with Crippen LogP contribution in [0.25, 0.3) is 0 Å². The Morgan fingerprint density at radius 2 is 2.08 bits per heavy atom. The molecule has 1 heterocycles. The fourth-order valence-corrected chi connectivity index (χ4v) is 3.64. The van der Waals surface area contributed by atoms with Gasteiger partial charge in [-0.3, -0.25) is 0 Å². The quantitative estimate of drug-likeness (QED) is 0.585. The molecule has 128 valence electrons. The summed E-state index contributed by atoms with van der Waals surface area (Å²) >= 11 is 9.33. The lowest BCUT2D eigenvalue weighted by molar-refractivity contribution is -0.149. The summed E-state index contributed by atoms with van der Waals surface area (Å²) in [5.41, 5.74) is 0.0199. The van der Waals surface area contributed by atoms with Gasteiger partial charge in [0, 0.05) is 28.8 Å². The number of hydrogen-bond donors (Lipinski definition) is 1. The largest absolute Gasteiger partial charge is 0.476 e. The standard InChI is InChI=1S/C17H15BrClFO4/c1-22-9-23-16-13-12(7-11(20)15(19)14(13)18)24-17(16,8-21)10-5-3-2-4-6-10/h2-7,16,21H,8-9H2,1H3/t16-,17+/m0/s1. The number of methoxy groups -OCH3 is 1. The van der Waals surface area contributed by atoms with Crippen molar-refractivity contribution in [3.8, 4) is 5.75 Å². The molecule has 0 amide bonds. The molecule has 1 N–H and O–H groups in total. The summed E-state index contributed by atoms with van der Waals surface area (Å²) in [5, 5.41) is 10.1. The van der Waals surface area contributed by atoms with Crippen LogP contribution in [0.1, 0.15) is 17.2 Å². The van der Waals surface area contributed by atoms with E-state index in [0.29, 0.717) is 15.6 Å². The summed E-state index contributed by atoms with van der Waals surface area (Å²) < 4.78 is 31.1. The molecule has 0 unspecified atom stereocenters. The van der Waals surface area contributed by atoms with Gasteiger partial charge in [-0.1, -0.05) is 41.9 Å². The zero-order chi connectivity index (χ0) is 17.3. The van der Waals surface area contributed by atoms with Crippen molar-refractivity contribution in [3.63, 3.8) is 0 Å². The molecule has 4 nitrogen and oxygen atoms in total. The maximum atomic E-state index is 14.0. The highest BCUT2D eigenvalue weighted by Crippen LogP contribution is 2.55. The Balaban J connectivity index is 2.19. The van der Waals surface area contributed by atoms with Gasteiger partial charge in [0.05, 0.1) is 11.6 Å². The van der Waals surface area contributed by atoms with Crippen molar-refractivity contribution in [2.24, 2.45) is 0 Å². The molecule has 2 aromatic carbocycles. The van der Waals surface area contributed by atoms with E-state index in [0.717, 1.165) is 0 Å². The predicted molar refractivity (Wildman–Crippen MR) is 90.6 cm³/mol. The van der Waals surface area contributed by atoms with Crippen LogP contribution in [0.5, 0.6) is 5.75 Å². The normalized spacial score (nSPS) is 22.3. The molecule has 0 saturated heterocycles. The molecule has 0 fully saturated rings. The van der Waals surface area contributed by atoms with E-state index in [9.17, 15) is 9.50 Å². The number of halogens is 3. The second-order valence-electron chi connectivity index (χ2n) is 5.37. The average Bonchev–Trinajstić information content (AvgIpc) is 2.93. The van der Waals surface area contributed by atoms with Crippen molar-refractivity contribution in [2.75, 3.05) is 20.5 Å². The molecule has 1 aliphatic heterocycles. The van der Waals surface area contributed by atoms with Crippen LogP contribution in [0.4, 0.5) is 4.39 Å².